The van der Waals surface area contributed by atoms with Gasteiger partial charge in [-0.15, -0.1) is 0 Å². The van der Waals surface area contributed by atoms with Gasteiger partial charge in [0.05, 0.1) is 39.6 Å². The van der Waals surface area contributed by atoms with Crippen molar-refractivity contribution < 1.29 is 37.4 Å². The normalized spacial score (nSPS) is 14.3. The molecule has 0 saturated heterocycles. The van der Waals surface area contributed by atoms with Gasteiger partial charge in [0.25, 0.3) is 0 Å². The fourth-order valence-electron chi connectivity index (χ4n) is 5.23. The van der Waals surface area contributed by atoms with E-state index in [2.05, 4.69) is 39.3 Å². The molecule has 0 spiro atoms. The molecule has 0 heterocycles. The minimum atomic E-state index is -2.32. The van der Waals surface area contributed by atoms with E-state index in [0.717, 1.165) is 36.1 Å². The van der Waals surface area contributed by atoms with Gasteiger partial charge in [-0.1, -0.05) is 85.0 Å². The van der Waals surface area contributed by atoms with Gasteiger partial charge in [0.15, 0.2) is 16.6 Å². The first-order chi connectivity index (χ1) is 22.4. The molecule has 0 saturated carbocycles. The number of aliphatic hydroxyl groups excluding tert-OH is 2. The minimum absolute atomic E-state index is 0.246. The topological polar surface area (TPSA) is 95.8 Å². The summed E-state index contributed by atoms with van der Waals surface area (Å²) in [5.41, 5.74) is 2.25. The van der Waals surface area contributed by atoms with Crippen LogP contribution in [0.15, 0.2) is 72.8 Å². The Hall–Kier alpha value is -1.75. The summed E-state index contributed by atoms with van der Waals surface area (Å²) in [4.78, 5) is 0. The highest BCUT2D eigenvalue weighted by Gasteiger charge is 2.39. The Labute approximate surface area is 287 Å². The molecule has 2 N–H and O–H groups in total. The van der Waals surface area contributed by atoms with Crippen molar-refractivity contribution in [3.05, 3.63) is 83.9 Å². The highest BCUT2D eigenvalue weighted by atomic mass is 28.5. The Morgan fingerprint density at radius 3 is 1.30 bits per heavy atom. The van der Waals surface area contributed by atoms with Crippen molar-refractivity contribution >= 4 is 37.3 Å². The van der Waals surface area contributed by atoms with Crippen LogP contribution in [0.1, 0.15) is 24.0 Å². The zero-order valence-corrected chi connectivity index (χ0v) is 32.6. The molecule has 2 aromatic rings. The number of hydrogen-bond donors (Lipinski definition) is 2. The van der Waals surface area contributed by atoms with Gasteiger partial charge >= 0.3 is 8.56 Å². The maximum absolute atomic E-state index is 10.2. The van der Waals surface area contributed by atoms with Crippen molar-refractivity contribution in [3.63, 3.8) is 0 Å². The fraction of sp³-hybridized carbons (Fsp3) is 0.556. The summed E-state index contributed by atoms with van der Waals surface area (Å²) in [6.07, 6.45) is 8.39. The zero-order valence-electron chi connectivity index (χ0n) is 29.6. The van der Waals surface area contributed by atoms with Gasteiger partial charge in [0.1, 0.15) is 12.2 Å². The first kappa shape index (κ1) is 41.4. The number of aliphatic hydroxyl groups is 2. The predicted molar refractivity (Wildman–Crippen MR) is 200 cm³/mol. The minimum Gasteiger partial charge on any atom is -0.437 e. The van der Waals surface area contributed by atoms with Crippen LogP contribution >= 0.6 is 0 Å². The predicted octanol–water partition coefficient (Wildman–Crippen LogP) is 7.13. The lowest BCUT2D eigenvalue weighted by Gasteiger charge is -2.38. The van der Waals surface area contributed by atoms with Crippen molar-refractivity contribution in [2.24, 2.45) is 0 Å². The second-order valence-corrected chi connectivity index (χ2v) is 26.0. The van der Waals surface area contributed by atoms with E-state index in [-0.39, 0.29) is 26.4 Å². The average molecular weight is 705 g/mol. The molecule has 2 rings (SSSR count). The molecule has 0 aliphatic heterocycles. The van der Waals surface area contributed by atoms with Crippen LogP contribution in [0, 0.1) is 0 Å². The molecular formula is C36H60O8Si3. The number of hydrogen-bond acceptors (Lipinski definition) is 8. The lowest BCUT2D eigenvalue weighted by atomic mass is 10.2. The van der Waals surface area contributed by atoms with Crippen LogP contribution in [0.2, 0.25) is 51.4 Å². The number of ether oxygens (including phenoxy) is 4. The van der Waals surface area contributed by atoms with E-state index in [9.17, 15) is 10.2 Å². The van der Waals surface area contributed by atoms with Crippen LogP contribution < -0.4 is 0 Å². The van der Waals surface area contributed by atoms with Crippen LogP contribution in [-0.2, 0) is 27.2 Å². The molecule has 0 aliphatic carbocycles. The summed E-state index contributed by atoms with van der Waals surface area (Å²) in [6.45, 7) is 16.4. The molecule has 2 unspecified atom stereocenters. The molecule has 0 amide bonds. The van der Waals surface area contributed by atoms with Gasteiger partial charge in [-0.05, 0) is 75.3 Å². The molecule has 2 atom stereocenters. The summed E-state index contributed by atoms with van der Waals surface area (Å²) < 4.78 is 35.9. The maximum Gasteiger partial charge on any atom is 0.311 e. The molecule has 0 bridgehead atoms. The molecule has 11 heteroatoms. The van der Waals surface area contributed by atoms with E-state index in [1.54, 1.807) is 0 Å². The quantitative estimate of drug-likeness (QED) is 0.0790. The van der Waals surface area contributed by atoms with Crippen molar-refractivity contribution in [3.8, 4) is 0 Å². The standard InChI is InChI=1S/C36H60O8Si3/c1-45(2,27-15-25-41-31-35(37)29-39-23-13-21-33-17-9-7-10-18-33)43-47(5,6)44-46(3,4)28-16-26-42-32-36(38)30-40-24-14-22-34-19-11-8-12-20-34/h7-14,17-22,35-38H,15-16,23-32H2,1-6H3/b21-13+,22-14+. The monoisotopic (exact) mass is 704 g/mol. The molecule has 8 nitrogen and oxygen atoms in total. The third-order valence-electron chi connectivity index (χ3n) is 7.07. The number of rotatable bonds is 26. The summed E-state index contributed by atoms with van der Waals surface area (Å²) in [6, 6.07) is 22.0. The molecule has 47 heavy (non-hydrogen) atoms. The summed E-state index contributed by atoms with van der Waals surface area (Å²) in [5.74, 6) is 0. The van der Waals surface area contributed by atoms with Crippen molar-refractivity contribution in [1.82, 2.24) is 0 Å². The smallest absolute Gasteiger partial charge is 0.311 e. The molecular weight excluding hydrogens is 645 g/mol. The summed E-state index contributed by atoms with van der Waals surface area (Å²) in [7, 11) is -6.21. The van der Waals surface area contributed by atoms with E-state index in [1.807, 2.05) is 85.0 Å². The first-order valence-corrected chi connectivity index (χ1v) is 25.9. The van der Waals surface area contributed by atoms with E-state index in [1.165, 1.54) is 0 Å². The number of benzene rings is 2. The second-order valence-electron chi connectivity index (χ2n) is 13.5. The highest BCUT2D eigenvalue weighted by Crippen LogP contribution is 2.26. The van der Waals surface area contributed by atoms with Crippen LogP contribution in [0.3, 0.4) is 0 Å². The first-order valence-electron chi connectivity index (χ1n) is 16.9. The van der Waals surface area contributed by atoms with Crippen LogP contribution in [0.4, 0.5) is 0 Å². The van der Waals surface area contributed by atoms with E-state index in [0.29, 0.717) is 26.4 Å². The Balaban J connectivity index is 1.51. The maximum atomic E-state index is 10.2. The third-order valence-corrected chi connectivity index (χ3v) is 18.5. The van der Waals surface area contributed by atoms with Crippen molar-refractivity contribution in [2.45, 2.75) is 76.4 Å². The van der Waals surface area contributed by atoms with E-state index < -0.39 is 37.4 Å². The van der Waals surface area contributed by atoms with Gasteiger partial charge in [-0.3, -0.25) is 0 Å². The Kier molecular flexibility index (Phi) is 20.1. The lowest BCUT2D eigenvalue weighted by molar-refractivity contribution is -0.0128. The highest BCUT2D eigenvalue weighted by molar-refractivity contribution is 6.87. The van der Waals surface area contributed by atoms with Gasteiger partial charge in [-0.2, -0.15) is 0 Å². The SMILES string of the molecule is C[Si](C)(CCCOCC(O)COC/C=C/c1ccccc1)O[Si](C)(C)O[Si](C)(C)CCCOCC(O)COC/C=C/c1ccccc1. The van der Waals surface area contributed by atoms with Crippen molar-refractivity contribution in [1.29, 1.82) is 0 Å². The average Bonchev–Trinajstić information content (AvgIpc) is 3.00. The molecule has 0 aliphatic rings. The second kappa shape index (κ2) is 22.8. The summed E-state index contributed by atoms with van der Waals surface area (Å²) in [5, 5.41) is 20.3. The Morgan fingerprint density at radius 1 is 0.553 bits per heavy atom. The summed E-state index contributed by atoms with van der Waals surface area (Å²) >= 11 is 0. The molecule has 0 radical (unpaired) electrons. The van der Waals surface area contributed by atoms with Gasteiger partial charge in [0, 0.05) is 13.2 Å². The lowest BCUT2D eigenvalue weighted by Crippen LogP contribution is -2.52. The van der Waals surface area contributed by atoms with E-state index >= 15 is 0 Å². The van der Waals surface area contributed by atoms with Gasteiger partial charge < -0.3 is 37.4 Å². The molecule has 0 aromatic heterocycles. The largest absolute Gasteiger partial charge is 0.437 e. The van der Waals surface area contributed by atoms with Gasteiger partial charge in [0.2, 0.25) is 0 Å². The van der Waals surface area contributed by atoms with Crippen LogP contribution in [0.25, 0.3) is 12.2 Å². The molecule has 0 fully saturated rings. The van der Waals surface area contributed by atoms with Crippen LogP contribution in [0.5, 0.6) is 0 Å². The fourth-order valence-corrected chi connectivity index (χ4v) is 19.2. The molecule has 264 valence electrons. The Morgan fingerprint density at radius 2 is 0.915 bits per heavy atom. The van der Waals surface area contributed by atoms with E-state index in [4.69, 9.17) is 27.2 Å². The zero-order chi connectivity index (χ0) is 34.4. The molecule has 2 aromatic carbocycles. The van der Waals surface area contributed by atoms with Crippen molar-refractivity contribution in [2.75, 3.05) is 52.9 Å². The third kappa shape index (κ3) is 21.8. The van der Waals surface area contributed by atoms with Crippen LogP contribution in [-0.4, -0.2) is 100 Å². The Bertz CT molecular complexity index is 1040. The van der Waals surface area contributed by atoms with Gasteiger partial charge in [-0.25, -0.2) is 0 Å².